The van der Waals surface area contributed by atoms with Crippen LogP contribution < -0.4 is 5.32 Å². The highest BCUT2D eigenvalue weighted by Gasteiger charge is 2.21. The zero-order chi connectivity index (χ0) is 15.5. The second kappa shape index (κ2) is 6.15. The van der Waals surface area contributed by atoms with Gasteiger partial charge in [0.05, 0.1) is 17.6 Å². The first-order chi connectivity index (χ1) is 10.7. The fourth-order valence-corrected chi connectivity index (χ4v) is 2.72. The molecule has 2 aromatic rings. The number of hydrogen-bond acceptors (Lipinski definition) is 3. The van der Waals surface area contributed by atoms with E-state index in [4.69, 9.17) is 5.11 Å². The molecule has 1 aromatic carbocycles. The van der Waals surface area contributed by atoms with E-state index in [9.17, 15) is 4.79 Å². The van der Waals surface area contributed by atoms with Crippen LogP contribution in [0.15, 0.2) is 49.1 Å². The molecule has 1 aromatic heterocycles. The minimum atomic E-state index is -0.111. The number of hydrogen-bond donors (Lipinski definition) is 2. The molecule has 22 heavy (non-hydrogen) atoms. The molecule has 0 aliphatic heterocycles. The van der Waals surface area contributed by atoms with Gasteiger partial charge in [-0.15, -0.1) is 0 Å². The van der Waals surface area contributed by atoms with Gasteiger partial charge in [0.2, 0.25) is 0 Å². The largest absolute Gasteiger partial charge is 0.396 e. The van der Waals surface area contributed by atoms with Crippen LogP contribution in [0.4, 0.5) is 0 Å². The lowest BCUT2D eigenvalue weighted by atomic mass is 10.1. The van der Waals surface area contributed by atoms with E-state index in [1.54, 1.807) is 12.5 Å². The second-order valence-corrected chi connectivity index (χ2v) is 5.63. The van der Waals surface area contributed by atoms with Gasteiger partial charge in [-0.05, 0) is 25.5 Å². The molecule has 0 bridgehead atoms. The lowest BCUT2D eigenvalue weighted by Crippen LogP contribution is -2.33. The number of aliphatic hydroxyl groups excluding tert-OH is 1. The highest BCUT2D eigenvalue weighted by Crippen LogP contribution is 2.20. The van der Waals surface area contributed by atoms with E-state index < -0.39 is 0 Å². The maximum absolute atomic E-state index is 12.6. The summed E-state index contributed by atoms with van der Waals surface area (Å²) in [6.07, 6.45) is 9.84. The number of amides is 1. The van der Waals surface area contributed by atoms with E-state index in [0.29, 0.717) is 5.56 Å². The van der Waals surface area contributed by atoms with Crippen LogP contribution in [0.3, 0.4) is 0 Å². The number of rotatable bonds is 4. The van der Waals surface area contributed by atoms with Gasteiger partial charge in [0.1, 0.15) is 0 Å². The van der Waals surface area contributed by atoms with Crippen LogP contribution in [0.25, 0.3) is 5.69 Å². The summed E-state index contributed by atoms with van der Waals surface area (Å²) in [6.45, 7) is 2.08. The Bertz CT molecular complexity index is 692. The summed E-state index contributed by atoms with van der Waals surface area (Å²) in [5.41, 5.74) is 2.46. The predicted octanol–water partition coefficient (Wildman–Crippen LogP) is 1.85. The third-order valence-electron chi connectivity index (χ3n) is 3.90. The summed E-state index contributed by atoms with van der Waals surface area (Å²) in [7, 11) is 0. The fraction of sp³-hybridized carbons (Fsp3) is 0.294. The standard InChI is InChI=1S/C17H19N3O2/c1-12-2-5-16(20-7-6-18-11-20)15(8-12)17(22)19-14-4-3-13(9-14)10-21/h2-8,11,13-14,21H,9-10H2,1H3,(H,19,22)/t13-,14+/m0/s1. The van der Waals surface area contributed by atoms with Crippen molar-refractivity contribution in [1.29, 1.82) is 0 Å². The number of carbonyl (C=O) groups is 1. The van der Waals surface area contributed by atoms with Gasteiger partial charge in [-0.2, -0.15) is 0 Å². The Labute approximate surface area is 129 Å². The van der Waals surface area contributed by atoms with Crippen molar-refractivity contribution in [2.24, 2.45) is 5.92 Å². The molecule has 3 rings (SSSR count). The van der Waals surface area contributed by atoms with Crippen LogP contribution >= 0.6 is 0 Å². The quantitative estimate of drug-likeness (QED) is 0.846. The van der Waals surface area contributed by atoms with E-state index in [1.807, 2.05) is 48.0 Å². The number of nitrogens with zero attached hydrogens (tertiary/aromatic N) is 2. The van der Waals surface area contributed by atoms with Gasteiger partial charge in [0.15, 0.2) is 0 Å². The molecule has 2 N–H and O–H groups in total. The number of carbonyl (C=O) groups excluding carboxylic acids is 1. The topological polar surface area (TPSA) is 67.2 Å². The number of aryl methyl sites for hydroxylation is 1. The van der Waals surface area contributed by atoms with Crippen LogP contribution in [0.1, 0.15) is 22.3 Å². The molecule has 2 atom stereocenters. The normalized spacial score (nSPS) is 20.3. The fourth-order valence-electron chi connectivity index (χ4n) is 2.72. The Kier molecular flexibility index (Phi) is 4.06. The summed E-state index contributed by atoms with van der Waals surface area (Å²) >= 11 is 0. The molecule has 1 heterocycles. The third-order valence-corrected chi connectivity index (χ3v) is 3.90. The SMILES string of the molecule is Cc1ccc(-n2ccnc2)c(C(=O)N[C@@H]2C=C[C@H](CO)C2)c1. The summed E-state index contributed by atoms with van der Waals surface area (Å²) < 4.78 is 1.83. The smallest absolute Gasteiger partial charge is 0.253 e. The zero-order valence-corrected chi connectivity index (χ0v) is 12.4. The van der Waals surface area contributed by atoms with E-state index in [2.05, 4.69) is 10.3 Å². The lowest BCUT2D eigenvalue weighted by Gasteiger charge is -2.15. The monoisotopic (exact) mass is 297 g/mol. The van der Waals surface area contributed by atoms with Crippen LogP contribution in [0.2, 0.25) is 0 Å². The highest BCUT2D eigenvalue weighted by molar-refractivity contribution is 5.98. The average molecular weight is 297 g/mol. The van der Waals surface area contributed by atoms with Crippen molar-refractivity contribution in [3.63, 3.8) is 0 Å². The van der Waals surface area contributed by atoms with Crippen molar-refractivity contribution in [2.75, 3.05) is 6.61 Å². The third kappa shape index (κ3) is 2.94. The van der Waals surface area contributed by atoms with Gasteiger partial charge < -0.3 is 15.0 Å². The van der Waals surface area contributed by atoms with E-state index in [1.165, 1.54) is 0 Å². The van der Waals surface area contributed by atoms with Crippen LogP contribution in [-0.4, -0.2) is 33.2 Å². The van der Waals surface area contributed by atoms with Crippen molar-refractivity contribution in [1.82, 2.24) is 14.9 Å². The lowest BCUT2D eigenvalue weighted by molar-refractivity contribution is 0.0941. The maximum atomic E-state index is 12.6. The summed E-state index contributed by atoms with van der Waals surface area (Å²) in [6, 6.07) is 5.75. The van der Waals surface area contributed by atoms with Crippen molar-refractivity contribution >= 4 is 5.91 Å². The van der Waals surface area contributed by atoms with E-state index >= 15 is 0 Å². The Morgan fingerprint density at radius 3 is 3.00 bits per heavy atom. The summed E-state index contributed by atoms with van der Waals surface area (Å²) in [5, 5.41) is 12.2. The van der Waals surface area contributed by atoms with Crippen LogP contribution in [-0.2, 0) is 0 Å². The van der Waals surface area contributed by atoms with Gasteiger partial charge in [0.25, 0.3) is 5.91 Å². The summed E-state index contributed by atoms with van der Waals surface area (Å²) in [4.78, 5) is 16.7. The van der Waals surface area contributed by atoms with Crippen molar-refractivity contribution in [3.8, 4) is 5.69 Å². The molecule has 5 nitrogen and oxygen atoms in total. The molecule has 0 spiro atoms. The zero-order valence-electron chi connectivity index (χ0n) is 12.4. The molecular weight excluding hydrogens is 278 g/mol. The number of imidazole rings is 1. The second-order valence-electron chi connectivity index (χ2n) is 5.63. The first-order valence-electron chi connectivity index (χ1n) is 7.36. The van der Waals surface area contributed by atoms with Gasteiger partial charge in [0, 0.05) is 31.0 Å². The Morgan fingerprint density at radius 2 is 2.32 bits per heavy atom. The predicted molar refractivity (Wildman–Crippen MR) is 83.9 cm³/mol. The van der Waals surface area contributed by atoms with Crippen LogP contribution in [0, 0.1) is 12.8 Å². The van der Waals surface area contributed by atoms with E-state index in [0.717, 1.165) is 17.7 Å². The molecule has 0 saturated carbocycles. The highest BCUT2D eigenvalue weighted by atomic mass is 16.3. The number of nitrogens with one attached hydrogen (secondary N) is 1. The Balaban J connectivity index is 1.83. The minimum absolute atomic E-state index is 0.0270. The minimum Gasteiger partial charge on any atom is -0.396 e. The van der Waals surface area contributed by atoms with Crippen molar-refractivity contribution < 1.29 is 9.90 Å². The number of aromatic nitrogens is 2. The molecule has 1 amide bonds. The van der Waals surface area contributed by atoms with Crippen molar-refractivity contribution in [2.45, 2.75) is 19.4 Å². The molecule has 1 aliphatic carbocycles. The van der Waals surface area contributed by atoms with Crippen molar-refractivity contribution in [3.05, 3.63) is 60.2 Å². The van der Waals surface area contributed by atoms with E-state index in [-0.39, 0.29) is 24.5 Å². The molecule has 0 radical (unpaired) electrons. The number of benzene rings is 1. The molecule has 1 aliphatic rings. The Morgan fingerprint density at radius 1 is 1.45 bits per heavy atom. The number of aliphatic hydroxyl groups is 1. The van der Waals surface area contributed by atoms with Gasteiger partial charge in [-0.25, -0.2) is 4.98 Å². The Hall–Kier alpha value is -2.40. The first-order valence-corrected chi connectivity index (χ1v) is 7.36. The average Bonchev–Trinajstić information content (AvgIpc) is 3.18. The maximum Gasteiger partial charge on any atom is 0.253 e. The van der Waals surface area contributed by atoms with Gasteiger partial charge >= 0.3 is 0 Å². The molecular formula is C17H19N3O2. The molecule has 114 valence electrons. The molecule has 0 fully saturated rings. The van der Waals surface area contributed by atoms with Gasteiger partial charge in [-0.1, -0.05) is 23.8 Å². The van der Waals surface area contributed by atoms with Gasteiger partial charge in [-0.3, -0.25) is 4.79 Å². The molecule has 5 heteroatoms. The molecule has 0 unspecified atom stereocenters. The summed E-state index contributed by atoms with van der Waals surface area (Å²) in [5.74, 6) is 0.0246. The first kappa shape index (κ1) is 14.5. The molecule has 0 saturated heterocycles. The van der Waals surface area contributed by atoms with Crippen LogP contribution in [0.5, 0.6) is 0 Å².